The van der Waals surface area contributed by atoms with Crippen molar-refractivity contribution in [2.24, 2.45) is 11.3 Å². The van der Waals surface area contributed by atoms with Crippen molar-refractivity contribution in [2.75, 3.05) is 155 Å². The number of nitrogens with zero attached hydrogens (tertiary/aromatic N) is 8. The van der Waals surface area contributed by atoms with E-state index in [0.29, 0.717) is 139 Å². The molecule has 0 unspecified atom stereocenters. The van der Waals surface area contributed by atoms with E-state index in [1.165, 1.54) is 23.3 Å². The van der Waals surface area contributed by atoms with Crippen molar-refractivity contribution in [3.63, 3.8) is 0 Å². The molecule has 7 N–H and O–H groups in total. The predicted molar refractivity (Wildman–Crippen MR) is 579 cm³/mol. The first-order chi connectivity index (χ1) is 68.0. The minimum absolute atomic E-state index is 0.0434. The lowest BCUT2D eigenvalue weighted by Crippen LogP contribution is -2.59. The van der Waals surface area contributed by atoms with E-state index in [9.17, 15) is 58.3 Å². The van der Waals surface area contributed by atoms with Gasteiger partial charge in [-0.1, -0.05) is 96.0 Å². The summed E-state index contributed by atoms with van der Waals surface area (Å²) in [5.41, 5.74) is 13.9. The normalized spacial score (nSPS) is 15.5. The number of carboxylic acid groups (broad SMARTS) is 2. The molecule has 4 aliphatic rings. The van der Waals surface area contributed by atoms with E-state index in [1.54, 1.807) is 116 Å². The van der Waals surface area contributed by atoms with Crippen LogP contribution in [0.3, 0.4) is 0 Å². The SMILES string of the molecule is Cc1cc(S(=O)(=O)Nc2ccc(N3CCN(c4cc(F)cc(-c5c(S(C)(=O)=O)c(C)n(C(C)C)c5-c5ccc(Cl)cc5)c4)CC3)cc2)ccc1N[C@H](CCN1CC(C)(C(=O)O)C1)CSc1ccccc1.Cc1cc(S(=O)(=O)Nc2ccc(N3CCN(c4cccc(-c5c(C(=O)NS(C)(=O)=O)c(C)n(C(C)C)c5-c5ccc(Cl)cc5)c4)CC3)cc2)ccc1N[C@H](CCN1CCC(C(=O)O)CC1)CSc1ccccc1. The van der Waals surface area contributed by atoms with E-state index >= 15 is 4.39 Å². The number of piperazine rings is 2. The van der Waals surface area contributed by atoms with Gasteiger partial charge in [0.25, 0.3) is 26.0 Å². The lowest BCUT2D eigenvalue weighted by Gasteiger charge is -2.45. The number of piperidine rings is 1. The van der Waals surface area contributed by atoms with Gasteiger partial charge in [0.05, 0.1) is 49.2 Å². The smallest absolute Gasteiger partial charge is 0.311 e. The highest BCUT2D eigenvalue weighted by molar-refractivity contribution is 7.99. The first-order valence-electron chi connectivity index (χ1n) is 47.9. The van der Waals surface area contributed by atoms with Crippen LogP contribution in [0.5, 0.6) is 0 Å². The highest BCUT2D eigenvalue weighted by atomic mass is 35.5. The Bertz CT molecular complexity index is 7060. The molecule has 2 aromatic heterocycles. The van der Waals surface area contributed by atoms with Gasteiger partial charge in [-0.3, -0.25) is 23.8 Å². The Balaban J connectivity index is 0.000000216. The number of carbonyl (C=O) groups is 3. The first-order valence-corrected chi connectivity index (χ1v) is 57.4. The van der Waals surface area contributed by atoms with Crippen molar-refractivity contribution in [2.45, 2.75) is 137 Å². The van der Waals surface area contributed by atoms with Crippen LogP contribution in [0.2, 0.25) is 10.0 Å². The third-order valence-corrected chi connectivity index (χ3v) is 34.3. The van der Waals surface area contributed by atoms with Crippen LogP contribution in [0.4, 0.5) is 49.9 Å². The minimum Gasteiger partial charge on any atom is -0.481 e. The maximum atomic E-state index is 15.7. The second-order valence-corrected chi connectivity index (χ2v) is 48.4. The van der Waals surface area contributed by atoms with Crippen LogP contribution >= 0.6 is 46.7 Å². The number of nitrogens with one attached hydrogen (secondary N) is 5. The van der Waals surface area contributed by atoms with Crippen LogP contribution in [-0.2, 0) is 49.5 Å². The van der Waals surface area contributed by atoms with Gasteiger partial charge in [0, 0.05) is 208 Å². The average molecular weight is 2090 g/mol. The third kappa shape index (κ3) is 26.1. The Labute approximate surface area is 858 Å². The molecule has 0 spiro atoms. The van der Waals surface area contributed by atoms with Crippen molar-refractivity contribution in [1.82, 2.24) is 23.7 Å². The zero-order valence-corrected chi connectivity index (χ0v) is 88.5. The summed E-state index contributed by atoms with van der Waals surface area (Å²) in [7, 11) is -15.4. The second-order valence-electron chi connectivity index (χ2n) is 38.2. The molecule has 4 fully saturated rings. The number of benzene rings is 10. The van der Waals surface area contributed by atoms with E-state index in [2.05, 4.69) is 89.1 Å². The van der Waals surface area contributed by atoms with Gasteiger partial charge in [-0.25, -0.2) is 42.8 Å². The lowest BCUT2D eigenvalue weighted by atomic mass is 9.82. The number of hydrogen-bond donors (Lipinski definition) is 7. The molecule has 143 heavy (non-hydrogen) atoms. The fraction of sp³-hybridized carbons (Fsp3) is 0.343. The molecular weight excluding hydrogens is 1970 g/mol. The van der Waals surface area contributed by atoms with E-state index in [0.717, 1.165) is 124 Å². The quantitative estimate of drug-likeness (QED) is 0.0178. The first kappa shape index (κ1) is 106. The van der Waals surface area contributed by atoms with Crippen LogP contribution in [0, 0.1) is 44.8 Å². The number of aromatic nitrogens is 2. The molecule has 0 saturated carbocycles. The Morgan fingerprint density at radius 2 is 0.888 bits per heavy atom. The number of thioether (sulfide) groups is 2. The Morgan fingerprint density at radius 1 is 0.462 bits per heavy atom. The molecule has 0 aliphatic carbocycles. The number of aryl methyl sites for hydroxylation is 2. The molecule has 12 aromatic rings. The molecule has 1 amide bonds. The van der Waals surface area contributed by atoms with E-state index in [1.807, 2.05) is 168 Å². The van der Waals surface area contributed by atoms with Crippen LogP contribution < -0.4 is 44.4 Å². The molecule has 16 rings (SSSR count). The minimum atomic E-state index is -3.93. The van der Waals surface area contributed by atoms with Crippen LogP contribution in [0.25, 0.3) is 44.8 Å². The average Bonchev–Trinajstić information content (AvgIpc) is 1.57. The molecular formula is C108H124Cl2FN13O13S6. The number of anilines is 8. The maximum absolute atomic E-state index is 15.7. The zero-order chi connectivity index (χ0) is 102. The summed E-state index contributed by atoms with van der Waals surface area (Å²) in [6, 6.07) is 72.7. The lowest BCUT2D eigenvalue weighted by molar-refractivity contribution is -0.158. The number of halogens is 3. The van der Waals surface area contributed by atoms with E-state index in [4.69, 9.17) is 23.2 Å². The molecule has 2 atom stereocenters. The molecule has 4 saturated heterocycles. The summed E-state index contributed by atoms with van der Waals surface area (Å²) < 4.78 is 134. The van der Waals surface area contributed by atoms with Gasteiger partial charge >= 0.3 is 11.9 Å². The fourth-order valence-electron chi connectivity index (χ4n) is 19.6. The van der Waals surface area contributed by atoms with Gasteiger partial charge in [-0.05, 0) is 298 Å². The van der Waals surface area contributed by atoms with Crippen LogP contribution in [-0.4, -0.2) is 208 Å². The summed E-state index contributed by atoms with van der Waals surface area (Å²) >= 11 is 16.1. The Morgan fingerprint density at radius 3 is 1.31 bits per heavy atom. The van der Waals surface area contributed by atoms with Crippen LogP contribution in [0.15, 0.2) is 261 Å². The van der Waals surface area contributed by atoms with Crippen molar-refractivity contribution < 1.29 is 62.7 Å². The molecule has 756 valence electrons. The summed E-state index contributed by atoms with van der Waals surface area (Å²) in [6.07, 6.45) is 5.11. The van der Waals surface area contributed by atoms with Crippen molar-refractivity contribution in [3.8, 4) is 44.8 Å². The number of carbonyl (C=O) groups excluding carboxylic acids is 1. The molecule has 6 heterocycles. The number of likely N-dealkylation sites (tertiary alicyclic amines) is 2. The fourth-order valence-corrected chi connectivity index (χ4v) is 25.8. The maximum Gasteiger partial charge on any atom is 0.311 e. The number of amides is 1. The number of rotatable bonds is 37. The van der Waals surface area contributed by atoms with Gasteiger partial charge in [-0.15, -0.1) is 23.5 Å². The highest BCUT2D eigenvalue weighted by Gasteiger charge is 2.45. The summed E-state index contributed by atoms with van der Waals surface area (Å²) in [6.45, 7) is 26.5. The van der Waals surface area contributed by atoms with Crippen molar-refractivity contribution in [3.05, 3.63) is 281 Å². The standard InChI is InChI=1S/C55H64ClN7O7S3.C53H60ClFN6O6S3/c1-37(2)63-39(4)51(54(64)59-72(5,67)68)52(53(63)40-14-16-43(56)17-15-40)42-10-9-11-47(35-42)62-32-30-61(31-33-62)46-20-18-44(19-21-46)58-73(69,70)49-22-23-50(38(3)34-49)57-45(36-71-48-12-7-6-8-13-48)26-29-60-27-24-41(25-28-60)55(65)66;1-35(2)61-37(4)51(69(6,64)65)49(50(61)38-12-14-40(54)15-13-38)39-29-41(55)31-45(30-39)60-26-24-59(25-27-60)44-18-16-42(17-19-44)57-70(66,67)47-20-21-48(36(3)28-47)56-43(32-68-46-10-8-7-9-11-46)22-23-58-33-53(5,34-58)52(62)63/h6-23,34-35,37,41,45,57-58H,24-33,36H2,1-5H3,(H,59,64)(H,65,66);7-21,28-31,35,43,56-57H,22-27,32-34H2,1-6H3,(H,62,63)/t45-;43-/m11/s1. The zero-order valence-electron chi connectivity index (χ0n) is 82.1. The largest absolute Gasteiger partial charge is 0.481 e. The second kappa shape index (κ2) is 45.4. The summed E-state index contributed by atoms with van der Waals surface area (Å²) in [5.74, 6) is -1.36. The Hall–Kier alpha value is -11.5. The number of hydrogen-bond acceptors (Lipinski definition) is 21. The number of aliphatic carboxylic acids is 2. The van der Waals surface area contributed by atoms with Gasteiger partial charge in [0.2, 0.25) is 10.0 Å². The molecule has 0 radical (unpaired) electrons. The molecule has 0 bridgehead atoms. The van der Waals surface area contributed by atoms with Gasteiger partial charge < -0.3 is 59.4 Å². The predicted octanol–water partition coefficient (Wildman–Crippen LogP) is 21.0. The monoisotopic (exact) mass is 2090 g/mol. The number of sulfone groups is 1. The van der Waals surface area contributed by atoms with Crippen molar-refractivity contribution >= 4 is 150 Å². The van der Waals surface area contributed by atoms with E-state index < -0.39 is 69.0 Å². The molecule has 10 aromatic carbocycles. The number of sulfonamides is 3. The van der Waals surface area contributed by atoms with Gasteiger partial charge in [0.15, 0.2) is 9.84 Å². The summed E-state index contributed by atoms with van der Waals surface area (Å²) in [4.78, 5) is 53.1. The highest BCUT2D eigenvalue weighted by Crippen LogP contribution is 2.47. The third-order valence-electron chi connectivity index (χ3n) is 26.9. The van der Waals surface area contributed by atoms with Crippen LogP contribution in [0.1, 0.15) is 105 Å². The van der Waals surface area contributed by atoms with Crippen molar-refractivity contribution in [1.29, 1.82) is 0 Å². The molecule has 35 heteroatoms. The summed E-state index contributed by atoms with van der Waals surface area (Å²) in [5, 5.41) is 27.5. The van der Waals surface area contributed by atoms with E-state index in [-0.39, 0.29) is 50.3 Å². The number of carboxylic acids is 2. The van der Waals surface area contributed by atoms with Gasteiger partial charge in [0.1, 0.15) is 5.82 Å². The van der Waals surface area contributed by atoms with Gasteiger partial charge in [-0.2, -0.15) is 0 Å². The Kier molecular flexibility index (Phi) is 33.6. The topological polar surface area (TPSA) is 318 Å². The molecule has 26 nitrogen and oxygen atoms in total. The molecule has 4 aliphatic heterocycles.